The molecule has 0 saturated heterocycles. The Bertz CT molecular complexity index is 643. The van der Waals surface area contributed by atoms with E-state index in [0.29, 0.717) is 17.3 Å². The van der Waals surface area contributed by atoms with Gasteiger partial charge >= 0.3 is 6.03 Å². The Labute approximate surface area is 138 Å². The zero-order valence-electron chi connectivity index (χ0n) is 11.9. The van der Waals surface area contributed by atoms with Crippen LogP contribution in [-0.2, 0) is 6.54 Å². The first-order valence-electron chi connectivity index (χ1n) is 6.48. The van der Waals surface area contributed by atoms with Gasteiger partial charge in [0, 0.05) is 18.1 Å². The van der Waals surface area contributed by atoms with Crippen molar-refractivity contribution < 1.29 is 4.79 Å². The maximum absolute atomic E-state index is 12.2. The summed E-state index contributed by atoms with van der Waals surface area (Å²) in [4.78, 5) is 13.8. The van der Waals surface area contributed by atoms with E-state index in [9.17, 15) is 4.79 Å². The van der Waals surface area contributed by atoms with E-state index >= 15 is 0 Å². The molecule has 2 amide bonds. The maximum Gasteiger partial charge on any atom is 0.321 e. The Morgan fingerprint density at radius 1 is 1.24 bits per heavy atom. The number of urea groups is 1. The van der Waals surface area contributed by atoms with Gasteiger partial charge in [0.2, 0.25) is 0 Å². The fourth-order valence-corrected chi connectivity index (χ4v) is 2.41. The molecule has 5 heteroatoms. The summed E-state index contributed by atoms with van der Waals surface area (Å²) in [6, 6.07) is 13.2. The van der Waals surface area contributed by atoms with Gasteiger partial charge in [0.1, 0.15) is 0 Å². The lowest BCUT2D eigenvalue weighted by Gasteiger charge is -2.18. The van der Waals surface area contributed by atoms with E-state index < -0.39 is 0 Å². The summed E-state index contributed by atoms with van der Waals surface area (Å²) in [6.45, 7) is 2.49. The third-order valence-electron chi connectivity index (χ3n) is 3.05. The van der Waals surface area contributed by atoms with Crippen LogP contribution in [0.1, 0.15) is 11.1 Å². The van der Waals surface area contributed by atoms with E-state index in [1.165, 1.54) is 0 Å². The van der Waals surface area contributed by atoms with Crippen molar-refractivity contribution in [1.29, 1.82) is 0 Å². The standard InChI is InChI=1S/C16H16BrClN2O/c1-11-3-8-15(14(18)9-11)19-16(21)20(2)10-12-4-6-13(17)7-5-12/h3-9H,10H2,1-2H3,(H,19,21). The molecule has 2 aromatic carbocycles. The number of amides is 2. The van der Waals surface area contributed by atoms with Gasteiger partial charge in [-0.2, -0.15) is 0 Å². The van der Waals surface area contributed by atoms with Crippen molar-refractivity contribution in [3.8, 4) is 0 Å². The van der Waals surface area contributed by atoms with Crippen LogP contribution in [0.4, 0.5) is 10.5 Å². The zero-order valence-corrected chi connectivity index (χ0v) is 14.2. The predicted octanol–water partition coefficient (Wildman–Crippen LogP) is 5.07. The molecular weight excluding hydrogens is 352 g/mol. The van der Waals surface area contributed by atoms with Crippen LogP contribution < -0.4 is 5.32 Å². The third-order valence-corrected chi connectivity index (χ3v) is 3.89. The minimum Gasteiger partial charge on any atom is -0.323 e. The summed E-state index contributed by atoms with van der Waals surface area (Å²) in [5.74, 6) is 0. The average Bonchev–Trinajstić information content (AvgIpc) is 2.44. The van der Waals surface area contributed by atoms with Crippen molar-refractivity contribution in [1.82, 2.24) is 4.90 Å². The van der Waals surface area contributed by atoms with E-state index in [1.54, 1.807) is 11.9 Å². The number of aryl methyl sites for hydroxylation is 1. The van der Waals surface area contributed by atoms with Gasteiger partial charge in [-0.05, 0) is 42.3 Å². The molecule has 0 atom stereocenters. The molecule has 21 heavy (non-hydrogen) atoms. The molecule has 1 N–H and O–H groups in total. The van der Waals surface area contributed by atoms with Crippen molar-refractivity contribution in [3.05, 3.63) is 63.1 Å². The second-order valence-corrected chi connectivity index (χ2v) is 6.22. The summed E-state index contributed by atoms with van der Waals surface area (Å²) in [5, 5.41) is 3.36. The molecule has 110 valence electrons. The lowest BCUT2D eigenvalue weighted by Crippen LogP contribution is -2.30. The Morgan fingerprint density at radius 3 is 2.52 bits per heavy atom. The number of benzene rings is 2. The first kappa shape index (κ1) is 15.9. The zero-order chi connectivity index (χ0) is 15.4. The molecule has 0 saturated carbocycles. The number of carbonyl (C=O) groups excluding carboxylic acids is 1. The minimum absolute atomic E-state index is 0.191. The van der Waals surface area contributed by atoms with Crippen LogP contribution >= 0.6 is 27.5 Å². The van der Waals surface area contributed by atoms with E-state index in [4.69, 9.17) is 11.6 Å². The molecule has 0 aliphatic rings. The molecular formula is C16H16BrClN2O. The van der Waals surface area contributed by atoms with Crippen LogP contribution in [0.2, 0.25) is 5.02 Å². The summed E-state index contributed by atoms with van der Waals surface area (Å²) < 4.78 is 1.02. The molecule has 3 nitrogen and oxygen atoms in total. The number of rotatable bonds is 3. The second kappa shape index (κ2) is 6.96. The topological polar surface area (TPSA) is 32.3 Å². The van der Waals surface area contributed by atoms with Crippen molar-refractivity contribution in [2.45, 2.75) is 13.5 Å². The van der Waals surface area contributed by atoms with E-state index in [0.717, 1.165) is 15.6 Å². The second-order valence-electron chi connectivity index (χ2n) is 4.90. The van der Waals surface area contributed by atoms with Gasteiger partial charge in [-0.3, -0.25) is 0 Å². The van der Waals surface area contributed by atoms with Crippen molar-refractivity contribution in [2.24, 2.45) is 0 Å². The van der Waals surface area contributed by atoms with Crippen molar-refractivity contribution >= 4 is 39.2 Å². The highest BCUT2D eigenvalue weighted by atomic mass is 79.9. The maximum atomic E-state index is 12.2. The Kier molecular flexibility index (Phi) is 5.26. The number of halogens is 2. The van der Waals surface area contributed by atoms with E-state index in [-0.39, 0.29) is 6.03 Å². The van der Waals surface area contributed by atoms with Crippen molar-refractivity contribution in [2.75, 3.05) is 12.4 Å². The molecule has 0 radical (unpaired) electrons. The Balaban J connectivity index is 2.00. The van der Waals surface area contributed by atoms with Gasteiger partial charge in [-0.25, -0.2) is 4.79 Å². The molecule has 0 heterocycles. The van der Waals surface area contributed by atoms with Gasteiger partial charge in [0.15, 0.2) is 0 Å². The summed E-state index contributed by atoms with van der Waals surface area (Å²) in [7, 11) is 1.75. The molecule has 2 aromatic rings. The molecule has 0 bridgehead atoms. The van der Waals surface area contributed by atoms with Gasteiger partial charge in [-0.1, -0.05) is 45.7 Å². The highest BCUT2D eigenvalue weighted by molar-refractivity contribution is 9.10. The fourth-order valence-electron chi connectivity index (χ4n) is 1.87. The lowest BCUT2D eigenvalue weighted by atomic mass is 10.2. The first-order chi connectivity index (χ1) is 9.95. The van der Waals surface area contributed by atoms with E-state index in [2.05, 4.69) is 21.2 Å². The molecule has 2 rings (SSSR count). The molecule has 0 aromatic heterocycles. The van der Waals surface area contributed by atoms with Gasteiger partial charge in [0.25, 0.3) is 0 Å². The number of anilines is 1. The van der Waals surface area contributed by atoms with Gasteiger partial charge in [-0.15, -0.1) is 0 Å². The quantitative estimate of drug-likeness (QED) is 0.806. The first-order valence-corrected chi connectivity index (χ1v) is 7.65. The number of nitrogens with zero attached hydrogens (tertiary/aromatic N) is 1. The van der Waals surface area contributed by atoms with Crippen LogP contribution in [0.3, 0.4) is 0 Å². The third kappa shape index (κ3) is 4.48. The largest absolute Gasteiger partial charge is 0.323 e. The van der Waals surface area contributed by atoms with Crippen LogP contribution in [0.15, 0.2) is 46.9 Å². The number of nitrogens with one attached hydrogen (secondary N) is 1. The van der Waals surface area contributed by atoms with E-state index in [1.807, 2.05) is 49.4 Å². The number of hydrogen-bond donors (Lipinski definition) is 1. The highest BCUT2D eigenvalue weighted by Crippen LogP contribution is 2.23. The normalized spacial score (nSPS) is 10.3. The SMILES string of the molecule is Cc1ccc(NC(=O)N(C)Cc2ccc(Br)cc2)c(Cl)c1. The molecule has 0 aliphatic carbocycles. The minimum atomic E-state index is -0.191. The molecule has 0 spiro atoms. The van der Waals surface area contributed by atoms with Crippen LogP contribution in [0.25, 0.3) is 0 Å². The molecule has 0 unspecified atom stereocenters. The molecule has 0 fully saturated rings. The van der Waals surface area contributed by atoms with Crippen LogP contribution in [0, 0.1) is 6.92 Å². The number of hydrogen-bond acceptors (Lipinski definition) is 1. The Morgan fingerprint density at radius 2 is 1.90 bits per heavy atom. The molecule has 0 aliphatic heterocycles. The van der Waals surface area contributed by atoms with Crippen LogP contribution in [-0.4, -0.2) is 18.0 Å². The Hall–Kier alpha value is -1.52. The summed E-state index contributed by atoms with van der Waals surface area (Å²) in [6.07, 6.45) is 0. The fraction of sp³-hybridized carbons (Fsp3) is 0.188. The summed E-state index contributed by atoms with van der Waals surface area (Å²) in [5.41, 5.74) is 2.74. The van der Waals surface area contributed by atoms with Crippen molar-refractivity contribution in [3.63, 3.8) is 0 Å². The smallest absolute Gasteiger partial charge is 0.321 e. The summed E-state index contributed by atoms with van der Waals surface area (Å²) >= 11 is 9.51. The van der Waals surface area contributed by atoms with Crippen LogP contribution in [0.5, 0.6) is 0 Å². The average molecular weight is 368 g/mol. The number of carbonyl (C=O) groups is 1. The van der Waals surface area contributed by atoms with Gasteiger partial charge < -0.3 is 10.2 Å². The predicted molar refractivity (Wildman–Crippen MR) is 90.8 cm³/mol. The lowest BCUT2D eigenvalue weighted by molar-refractivity contribution is 0.220. The monoisotopic (exact) mass is 366 g/mol. The highest BCUT2D eigenvalue weighted by Gasteiger charge is 2.11. The van der Waals surface area contributed by atoms with Gasteiger partial charge in [0.05, 0.1) is 10.7 Å².